The van der Waals surface area contributed by atoms with Crippen molar-refractivity contribution in [3.05, 3.63) is 57.2 Å². The van der Waals surface area contributed by atoms with Gasteiger partial charge in [0.1, 0.15) is 0 Å². The van der Waals surface area contributed by atoms with Gasteiger partial charge >= 0.3 is 5.97 Å². The minimum atomic E-state index is -0.696. The summed E-state index contributed by atoms with van der Waals surface area (Å²) < 4.78 is 5.39. The van der Waals surface area contributed by atoms with Crippen LogP contribution >= 0.6 is 22.9 Å². The quantitative estimate of drug-likeness (QED) is 0.470. The van der Waals surface area contributed by atoms with E-state index in [0.717, 1.165) is 16.9 Å². The Morgan fingerprint density at radius 2 is 1.79 bits per heavy atom. The summed E-state index contributed by atoms with van der Waals surface area (Å²) in [5, 5.41) is 2.57. The molecule has 0 unspecified atom stereocenters. The lowest BCUT2D eigenvalue weighted by Crippen LogP contribution is -2.43. The second-order valence-corrected chi connectivity index (χ2v) is 7.82. The summed E-state index contributed by atoms with van der Waals surface area (Å²) in [6.45, 7) is 0.888. The fourth-order valence-corrected chi connectivity index (χ4v) is 3.41. The molecule has 0 bridgehead atoms. The van der Waals surface area contributed by atoms with Gasteiger partial charge in [0.2, 0.25) is 0 Å². The zero-order chi connectivity index (χ0) is 20.5. The van der Waals surface area contributed by atoms with Crippen molar-refractivity contribution in [2.45, 2.75) is 32.2 Å². The van der Waals surface area contributed by atoms with E-state index in [2.05, 4.69) is 5.32 Å². The predicted molar refractivity (Wildman–Crippen MR) is 107 cm³/mol. The number of amides is 1. The third-order valence-corrected chi connectivity index (χ3v) is 5.15. The molecule has 0 fully saturated rings. The van der Waals surface area contributed by atoms with E-state index >= 15 is 0 Å². The van der Waals surface area contributed by atoms with E-state index in [1.165, 1.54) is 6.92 Å². The number of nitrogens with one attached hydrogen (secondary N) is 1. The number of ketones is 2. The lowest BCUT2D eigenvalue weighted by atomic mass is 10.0. The normalized spacial score (nSPS) is 11.5. The number of ether oxygens (including phenoxy) is 1. The summed E-state index contributed by atoms with van der Waals surface area (Å²) in [5.41, 5.74) is 0.909. The molecule has 1 aromatic heterocycles. The van der Waals surface area contributed by atoms with Gasteiger partial charge in [-0.25, -0.2) is 0 Å². The molecule has 0 radical (unpaired) electrons. The van der Waals surface area contributed by atoms with Crippen LogP contribution in [0.2, 0.25) is 4.34 Å². The third-order valence-electron chi connectivity index (χ3n) is 3.88. The van der Waals surface area contributed by atoms with Gasteiger partial charge in [-0.1, -0.05) is 41.9 Å². The maximum absolute atomic E-state index is 12.0. The number of benzene rings is 1. The lowest BCUT2D eigenvalue weighted by Gasteiger charge is -2.16. The first kappa shape index (κ1) is 21.8. The van der Waals surface area contributed by atoms with E-state index in [1.54, 1.807) is 12.1 Å². The average molecular weight is 422 g/mol. The van der Waals surface area contributed by atoms with Crippen molar-refractivity contribution in [3.8, 4) is 0 Å². The molecule has 0 saturated carbocycles. The van der Waals surface area contributed by atoms with Crippen LogP contribution in [0.1, 0.15) is 35.0 Å². The van der Waals surface area contributed by atoms with Crippen molar-refractivity contribution in [2.75, 3.05) is 6.61 Å². The Balaban J connectivity index is 1.74. The number of halogens is 1. The highest BCUT2D eigenvalue weighted by Gasteiger charge is 2.19. The molecule has 0 aliphatic rings. The van der Waals surface area contributed by atoms with Gasteiger partial charge < -0.3 is 10.1 Å². The Hall–Kier alpha value is -2.51. The van der Waals surface area contributed by atoms with Crippen molar-refractivity contribution in [2.24, 2.45) is 0 Å². The fraction of sp³-hybridized carbons (Fsp3) is 0.300. The van der Waals surface area contributed by atoms with Crippen molar-refractivity contribution in [3.63, 3.8) is 0 Å². The molecule has 1 N–H and O–H groups in total. The average Bonchev–Trinajstić information content (AvgIpc) is 3.11. The van der Waals surface area contributed by atoms with E-state index in [9.17, 15) is 19.2 Å². The van der Waals surface area contributed by atoms with Gasteiger partial charge in [-0.05, 0) is 31.0 Å². The smallest absolute Gasteiger partial charge is 0.306 e. The Kier molecular flexibility index (Phi) is 8.35. The first-order valence-corrected chi connectivity index (χ1v) is 9.82. The number of hydrogen-bond donors (Lipinski definition) is 1. The summed E-state index contributed by atoms with van der Waals surface area (Å²) >= 11 is 6.92. The molecule has 0 aliphatic heterocycles. The molecule has 2 aromatic rings. The van der Waals surface area contributed by atoms with Gasteiger partial charge in [0.15, 0.2) is 18.2 Å². The number of hydrogen-bond acceptors (Lipinski definition) is 6. The molecule has 1 aromatic carbocycles. The number of esters is 1. The first-order chi connectivity index (χ1) is 13.3. The maximum Gasteiger partial charge on any atom is 0.306 e. The van der Waals surface area contributed by atoms with Gasteiger partial charge in [0.25, 0.3) is 5.91 Å². The fourth-order valence-electron chi connectivity index (χ4n) is 2.40. The second-order valence-electron chi connectivity index (χ2n) is 6.11. The minimum Gasteiger partial charge on any atom is -0.456 e. The predicted octanol–water partition coefficient (Wildman–Crippen LogP) is 3.22. The van der Waals surface area contributed by atoms with Crippen LogP contribution in [0.15, 0.2) is 42.5 Å². The summed E-state index contributed by atoms with van der Waals surface area (Å²) in [6.07, 6.45) is 0.191. The summed E-state index contributed by atoms with van der Waals surface area (Å²) in [7, 11) is 0. The SMILES string of the molecule is CC(=O)[C@H](Cc1ccccc1)NC(=O)COC(=O)CCC(=O)c1ccc(Cl)s1. The highest BCUT2D eigenvalue weighted by Crippen LogP contribution is 2.22. The minimum absolute atomic E-state index is 0.0264. The Morgan fingerprint density at radius 3 is 2.39 bits per heavy atom. The van der Waals surface area contributed by atoms with Crippen LogP contribution in [-0.4, -0.2) is 36.1 Å². The Labute approximate surface area is 171 Å². The van der Waals surface area contributed by atoms with Crippen molar-refractivity contribution >= 4 is 46.4 Å². The van der Waals surface area contributed by atoms with E-state index in [1.807, 2.05) is 30.3 Å². The van der Waals surface area contributed by atoms with Gasteiger partial charge in [0, 0.05) is 6.42 Å². The summed E-state index contributed by atoms with van der Waals surface area (Å²) in [4.78, 5) is 47.9. The van der Waals surface area contributed by atoms with Crippen molar-refractivity contribution < 1.29 is 23.9 Å². The Morgan fingerprint density at radius 1 is 1.07 bits per heavy atom. The van der Waals surface area contributed by atoms with Crippen LogP contribution in [0.25, 0.3) is 0 Å². The maximum atomic E-state index is 12.0. The molecule has 148 valence electrons. The van der Waals surface area contributed by atoms with Crippen molar-refractivity contribution in [1.82, 2.24) is 5.32 Å². The molecule has 8 heteroatoms. The van der Waals surface area contributed by atoms with Crippen LogP contribution in [0.3, 0.4) is 0 Å². The molecule has 2 rings (SSSR count). The summed E-state index contributed by atoms with van der Waals surface area (Å²) in [5.74, 6) is -1.63. The van der Waals surface area contributed by atoms with Gasteiger partial charge in [0.05, 0.1) is 21.7 Å². The van der Waals surface area contributed by atoms with Crippen LogP contribution in [0, 0.1) is 0 Å². The van der Waals surface area contributed by atoms with E-state index in [-0.39, 0.29) is 24.4 Å². The van der Waals surface area contributed by atoms with Gasteiger partial charge in [-0.3, -0.25) is 19.2 Å². The van der Waals surface area contributed by atoms with E-state index in [4.69, 9.17) is 16.3 Å². The molecular formula is C20H20ClNO5S. The highest BCUT2D eigenvalue weighted by atomic mass is 35.5. The molecule has 1 amide bonds. The number of carbonyl (C=O) groups excluding carboxylic acids is 4. The Bertz CT molecular complexity index is 849. The summed E-state index contributed by atoms with van der Waals surface area (Å²) in [6, 6.07) is 11.8. The van der Waals surface area contributed by atoms with Crippen molar-refractivity contribution in [1.29, 1.82) is 0 Å². The number of Topliss-reactive ketones (excluding diaryl/α,β-unsaturated/α-hetero) is 2. The topological polar surface area (TPSA) is 89.5 Å². The number of carbonyl (C=O) groups is 4. The molecule has 6 nitrogen and oxygen atoms in total. The van der Waals surface area contributed by atoms with E-state index in [0.29, 0.717) is 15.6 Å². The molecular weight excluding hydrogens is 402 g/mol. The molecule has 1 atom stereocenters. The van der Waals surface area contributed by atoms with E-state index < -0.39 is 24.5 Å². The molecule has 28 heavy (non-hydrogen) atoms. The molecule has 0 aliphatic carbocycles. The van der Waals surface area contributed by atoms with Crippen LogP contribution in [0.5, 0.6) is 0 Å². The van der Waals surface area contributed by atoms with Crippen LogP contribution in [0.4, 0.5) is 0 Å². The zero-order valence-corrected chi connectivity index (χ0v) is 16.8. The van der Waals surface area contributed by atoms with Crippen LogP contribution in [-0.2, 0) is 25.5 Å². The number of rotatable bonds is 10. The van der Waals surface area contributed by atoms with Gasteiger partial charge in [-0.2, -0.15) is 0 Å². The van der Waals surface area contributed by atoms with Crippen LogP contribution < -0.4 is 5.32 Å². The van der Waals surface area contributed by atoms with Gasteiger partial charge in [-0.15, -0.1) is 11.3 Å². The highest BCUT2D eigenvalue weighted by molar-refractivity contribution is 7.18. The zero-order valence-electron chi connectivity index (χ0n) is 15.3. The number of thiophene rings is 1. The largest absolute Gasteiger partial charge is 0.456 e. The third kappa shape index (κ3) is 7.25. The molecule has 0 saturated heterocycles. The molecule has 1 heterocycles. The monoisotopic (exact) mass is 421 g/mol. The standard InChI is InChI=1S/C20H20ClNO5S/c1-13(23)15(11-14-5-3-2-4-6-14)22-19(25)12-27-20(26)10-7-16(24)17-8-9-18(21)28-17/h2-6,8-9,15H,7,10-12H2,1H3,(H,22,25)/t15-/m0/s1. The second kappa shape index (κ2) is 10.7. The first-order valence-electron chi connectivity index (χ1n) is 8.63. The lowest BCUT2D eigenvalue weighted by molar-refractivity contribution is -0.148. The molecule has 0 spiro atoms.